The van der Waals surface area contributed by atoms with Crippen molar-refractivity contribution >= 4 is 5.82 Å². The van der Waals surface area contributed by atoms with Crippen LogP contribution >= 0.6 is 0 Å². The third-order valence-corrected chi connectivity index (χ3v) is 10.4. The highest BCUT2D eigenvalue weighted by molar-refractivity contribution is 5.66. The van der Waals surface area contributed by atoms with Crippen molar-refractivity contribution in [3.8, 4) is 11.1 Å². The molecular formula is C39H56N4. The fourth-order valence-corrected chi connectivity index (χ4v) is 7.67. The predicted octanol–water partition coefficient (Wildman–Crippen LogP) is 10.4. The van der Waals surface area contributed by atoms with Crippen LogP contribution < -0.4 is 4.90 Å². The summed E-state index contributed by atoms with van der Waals surface area (Å²) in [5.41, 5.74) is 8.32. The minimum Gasteiger partial charge on any atom is -0.330 e. The fourth-order valence-electron chi connectivity index (χ4n) is 7.67. The van der Waals surface area contributed by atoms with E-state index in [4.69, 9.17) is 16.7 Å². The Balaban J connectivity index is 1.41. The van der Waals surface area contributed by atoms with Crippen LogP contribution in [0.2, 0.25) is 0 Å². The SMILES string of the molecule is C=C(C1CCCCC1)N(CC1(CCCc2ccc(CC)c(C)c2)CCCCC1)c1cc(-c2cnn(C(C)(C)C)c2)ccn1. The van der Waals surface area contributed by atoms with Gasteiger partial charge in [-0.2, -0.15) is 5.10 Å². The lowest BCUT2D eigenvalue weighted by Gasteiger charge is -2.44. The van der Waals surface area contributed by atoms with Crippen LogP contribution in [0.5, 0.6) is 0 Å². The molecule has 0 bridgehead atoms. The largest absolute Gasteiger partial charge is 0.330 e. The molecule has 0 atom stereocenters. The number of benzene rings is 1. The molecule has 2 aliphatic rings. The lowest BCUT2D eigenvalue weighted by Crippen LogP contribution is -2.41. The molecule has 2 heterocycles. The lowest BCUT2D eigenvalue weighted by atomic mass is 9.70. The number of aryl methyl sites for hydroxylation is 3. The highest BCUT2D eigenvalue weighted by Crippen LogP contribution is 2.44. The van der Waals surface area contributed by atoms with Crippen molar-refractivity contribution in [3.63, 3.8) is 0 Å². The van der Waals surface area contributed by atoms with E-state index in [0.717, 1.165) is 24.3 Å². The zero-order valence-corrected chi connectivity index (χ0v) is 27.8. The summed E-state index contributed by atoms with van der Waals surface area (Å²) in [6, 6.07) is 11.6. The van der Waals surface area contributed by atoms with Crippen LogP contribution in [0.1, 0.15) is 121 Å². The van der Waals surface area contributed by atoms with Crippen molar-refractivity contribution in [1.82, 2.24) is 14.8 Å². The van der Waals surface area contributed by atoms with Crippen molar-refractivity contribution in [2.45, 2.75) is 130 Å². The summed E-state index contributed by atoms with van der Waals surface area (Å²) in [5, 5.41) is 4.69. The van der Waals surface area contributed by atoms with Gasteiger partial charge in [-0.05, 0) is 125 Å². The van der Waals surface area contributed by atoms with E-state index in [2.05, 4.69) is 80.7 Å². The van der Waals surface area contributed by atoms with Gasteiger partial charge in [-0.25, -0.2) is 4.98 Å². The number of pyridine rings is 1. The van der Waals surface area contributed by atoms with E-state index in [1.54, 1.807) is 0 Å². The molecule has 2 aromatic heterocycles. The summed E-state index contributed by atoms with van der Waals surface area (Å²) in [6.07, 6.45) is 24.2. The molecule has 1 aromatic carbocycles. The first kappa shape index (κ1) is 31.5. The van der Waals surface area contributed by atoms with Crippen LogP contribution in [0.15, 0.2) is 61.2 Å². The second-order valence-corrected chi connectivity index (χ2v) is 14.7. The Kier molecular flexibility index (Phi) is 10.1. The van der Waals surface area contributed by atoms with E-state index in [-0.39, 0.29) is 5.54 Å². The predicted molar refractivity (Wildman–Crippen MR) is 183 cm³/mol. The summed E-state index contributed by atoms with van der Waals surface area (Å²) in [5.74, 6) is 1.62. The second-order valence-electron chi connectivity index (χ2n) is 14.7. The number of hydrogen-bond donors (Lipinski definition) is 0. The highest BCUT2D eigenvalue weighted by Gasteiger charge is 2.36. The maximum Gasteiger partial charge on any atom is 0.133 e. The summed E-state index contributed by atoms with van der Waals surface area (Å²) < 4.78 is 2.06. The molecule has 43 heavy (non-hydrogen) atoms. The zero-order valence-electron chi connectivity index (χ0n) is 27.8. The topological polar surface area (TPSA) is 34.0 Å². The van der Waals surface area contributed by atoms with E-state index in [9.17, 15) is 0 Å². The van der Waals surface area contributed by atoms with Crippen LogP contribution in [-0.4, -0.2) is 21.3 Å². The van der Waals surface area contributed by atoms with Gasteiger partial charge in [0.2, 0.25) is 0 Å². The van der Waals surface area contributed by atoms with Crippen molar-refractivity contribution in [2.75, 3.05) is 11.4 Å². The molecule has 2 fully saturated rings. The van der Waals surface area contributed by atoms with Crippen LogP contribution in [0.4, 0.5) is 5.82 Å². The highest BCUT2D eigenvalue weighted by atomic mass is 15.3. The van der Waals surface area contributed by atoms with Crippen molar-refractivity contribution < 1.29 is 0 Å². The zero-order chi connectivity index (χ0) is 30.5. The number of rotatable bonds is 11. The van der Waals surface area contributed by atoms with E-state index in [1.807, 2.05) is 12.4 Å². The number of anilines is 1. The van der Waals surface area contributed by atoms with Gasteiger partial charge in [-0.3, -0.25) is 4.68 Å². The summed E-state index contributed by atoms with van der Waals surface area (Å²) >= 11 is 0. The van der Waals surface area contributed by atoms with Crippen molar-refractivity contribution in [2.24, 2.45) is 11.3 Å². The molecule has 4 nitrogen and oxygen atoms in total. The van der Waals surface area contributed by atoms with Gasteiger partial charge in [0.1, 0.15) is 5.82 Å². The van der Waals surface area contributed by atoms with Crippen LogP contribution in [0.25, 0.3) is 11.1 Å². The minimum atomic E-state index is -0.0421. The Morgan fingerprint density at radius 1 is 1.00 bits per heavy atom. The Hall–Kier alpha value is -2.88. The normalized spacial score (nSPS) is 17.6. The van der Waals surface area contributed by atoms with Gasteiger partial charge in [-0.15, -0.1) is 0 Å². The molecule has 5 rings (SSSR count). The molecule has 0 saturated heterocycles. The first-order valence-electron chi connectivity index (χ1n) is 17.2. The fraction of sp³-hybridized carbons (Fsp3) is 0.590. The Bertz CT molecular complexity index is 1350. The monoisotopic (exact) mass is 580 g/mol. The summed E-state index contributed by atoms with van der Waals surface area (Å²) in [4.78, 5) is 7.59. The smallest absolute Gasteiger partial charge is 0.133 e. The van der Waals surface area contributed by atoms with Gasteiger partial charge in [0, 0.05) is 30.2 Å². The molecule has 0 N–H and O–H groups in total. The quantitative estimate of drug-likeness (QED) is 0.226. The van der Waals surface area contributed by atoms with Crippen LogP contribution in [0, 0.1) is 18.3 Å². The van der Waals surface area contributed by atoms with Gasteiger partial charge in [0.05, 0.1) is 11.7 Å². The van der Waals surface area contributed by atoms with E-state index < -0.39 is 0 Å². The van der Waals surface area contributed by atoms with E-state index in [1.165, 1.54) is 111 Å². The number of hydrogen-bond acceptors (Lipinski definition) is 3. The lowest BCUT2D eigenvalue weighted by molar-refractivity contribution is 0.174. The molecule has 3 aromatic rings. The molecule has 0 unspecified atom stereocenters. The third-order valence-electron chi connectivity index (χ3n) is 10.4. The summed E-state index contributed by atoms with van der Waals surface area (Å²) in [7, 11) is 0. The van der Waals surface area contributed by atoms with Crippen molar-refractivity contribution in [3.05, 3.63) is 77.9 Å². The first-order valence-corrected chi connectivity index (χ1v) is 17.2. The van der Waals surface area contributed by atoms with E-state index in [0.29, 0.717) is 11.3 Å². The van der Waals surface area contributed by atoms with Gasteiger partial charge in [-0.1, -0.05) is 70.2 Å². The standard InChI is InChI=1S/C39H56N4/c1-7-33-19-18-32(25-30(33)2)15-14-23-39(21-12-9-13-22-39)29-42(31(3)34-16-10-8-11-17-34)37-26-35(20-24-40-37)36-27-41-43(28-36)38(4,5)6/h18-20,24-28,34H,3,7-17,21-23,29H2,1-2,4-6H3. The number of nitrogens with zero attached hydrogens (tertiary/aromatic N) is 4. The van der Waals surface area contributed by atoms with E-state index >= 15 is 0 Å². The Morgan fingerprint density at radius 3 is 2.42 bits per heavy atom. The summed E-state index contributed by atoms with van der Waals surface area (Å²) in [6.45, 7) is 17.0. The second kappa shape index (κ2) is 13.8. The number of allylic oxidation sites excluding steroid dienone is 1. The van der Waals surface area contributed by atoms with Crippen molar-refractivity contribution in [1.29, 1.82) is 0 Å². The molecule has 2 aliphatic carbocycles. The van der Waals surface area contributed by atoms with Gasteiger partial charge in [0.15, 0.2) is 0 Å². The molecule has 0 amide bonds. The molecule has 0 radical (unpaired) electrons. The Morgan fingerprint density at radius 2 is 1.74 bits per heavy atom. The average molecular weight is 581 g/mol. The molecule has 232 valence electrons. The molecule has 0 spiro atoms. The maximum absolute atomic E-state index is 5.03. The maximum atomic E-state index is 5.03. The molecular weight excluding hydrogens is 524 g/mol. The Labute approximate surface area is 262 Å². The van der Waals surface area contributed by atoms with Gasteiger partial charge < -0.3 is 4.90 Å². The van der Waals surface area contributed by atoms with Gasteiger partial charge >= 0.3 is 0 Å². The third kappa shape index (κ3) is 7.80. The minimum absolute atomic E-state index is 0.0421. The van der Waals surface area contributed by atoms with Gasteiger partial charge in [0.25, 0.3) is 0 Å². The van der Waals surface area contributed by atoms with Crippen LogP contribution in [0.3, 0.4) is 0 Å². The first-order chi connectivity index (χ1) is 20.7. The van der Waals surface area contributed by atoms with Crippen LogP contribution in [-0.2, 0) is 18.4 Å². The molecule has 2 saturated carbocycles. The number of aromatic nitrogens is 3. The molecule has 0 aliphatic heterocycles. The average Bonchev–Trinajstić information content (AvgIpc) is 3.53. The molecule has 4 heteroatoms.